The minimum absolute atomic E-state index is 0.0851. The fourth-order valence-corrected chi connectivity index (χ4v) is 1.30. The van der Waals surface area contributed by atoms with E-state index in [4.69, 9.17) is 0 Å². The second-order valence-corrected chi connectivity index (χ2v) is 7.32. The van der Waals surface area contributed by atoms with E-state index in [-0.39, 0.29) is 4.75 Å². The summed E-state index contributed by atoms with van der Waals surface area (Å²) in [6.07, 6.45) is 1.97. The topological polar surface area (TPSA) is 20.2 Å². The smallest absolute Gasteiger partial charge is 0.0127 e. The largest absolute Gasteiger partial charge is 0.351 e. The van der Waals surface area contributed by atoms with Gasteiger partial charge in [-0.05, 0) is 12.0 Å². The van der Waals surface area contributed by atoms with Crippen LogP contribution in [0.1, 0.15) is 27.7 Å². The van der Waals surface area contributed by atoms with E-state index in [1.807, 2.05) is 13.2 Å². The zero-order chi connectivity index (χ0) is 7.71. The van der Waals surface area contributed by atoms with Crippen LogP contribution in [0.4, 0.5) is 0 Å². The van der Waals surface area contributed by atoms with Crippen molar-refractivity contribution in [3.8, 4) is 0 Å². The molecule has 0 aliphatic heterocycles. The Hall–Kier alpha value is 0.310. The van der Waals surface area contributed by atoms with E-state index in [9.17, 15) is 4.55 Å². The van der Waals surface area contributed by atoms with Crippen molar-refractivity contribution < 1.29 is 4.55 Å². The number of hydrogen-bond donors (Lipinski definition) is 1. The Kier molecular flexibility index (Phi) is 2.59. The normalized spacial score (nSPS) is 22.9. The van der Waals surface area contributed by atoms with Gasteiger partial charge in [-0.25, -0.2) is 0 Å². The van der Waals surface area contributed by atoms with E-state index in [2.05, 4.69) is 20.8 Å². The molecule has 1 N–H and O–H groups in total. The van der Waals surface area contributed by atoms with E-state index in [1.54, 1.807) is 0 Å². The maximum absolute atomic E-state index is 9.74. The Labute approximate surface area is 60.0 Å². The molecule has 1 unspecified atom stereocenters. The highest BCUT2D eigenvalue weighted by Gasteiger charge is 2.27. The van der Waals surface area contributed by atoms with Crippen molar-refractivity contribution in [1.82, 2.24) is 0 Å². The predicted molar refractivity (Wildman–Crippen MR) is 46.4 cm³/mol. The third-order valence-corrected chi connectivity index (χ3v) is 5.64. The van der Waals surface area contributed by atoms with Crippen molar-refractivity contribution in [3.05, 3.63) is 0 Å². The van der Waals surface area contributed by atoms with Crippen LogP contribution in [-0.2, 0) is 0 Å². The molecular formula is C7H18OS. The van der Waals surface area contributed by atoms with E-state index < -0.39 is 10.3 Å². The van der Waals surface area contributed by atoms with Crippen molar-refractivity contribution in [2.24, 2.45) is 0 Å². The van der Waals surface area contributed by atoms with Gasteiger partial charge in [-0.15, -0.1) is 10.3 Å². The van der Waals surface area contributed by atoms with E-state index in [0.717, 1.165) is 5.75 Å². The minimum Gasteiger partial charge on any atom is -0.351 e. The first-order valence-corrected chi connectivity index (χ1v) is 5.46. The Morgan fingerprint density at radius 1 is 1.33 bits per heavy atom. The Morgan fingerprint density at radius 2 is 1.67 bits per heavy atom. The fraction of sp³-hybridized carbons (Fsp3) is 1.00. The molecule has 58 valence electrons. The lowest BCUT2D eigenvalue weighted by molar-refractivity contribution is 0.587. The molecule has 0 aromatic carbocycles. The summed E-state index contributed by atoms with van der Waals surface area (Å²) in [7, 11) is -1.34. The molecule has 0 saturated carbocycles. The van der Waals surface area contributed by atoms with Crippen molar-refractivity contribution in [2.45, 2.75) is 32.4 Å². The monoisotopic (exact) mass is 150 g/mol. The zero-order valence-corrected chi connectivity index (χ0v) is 7.88. The Morgan fingerprint density at radius 3 is 1.67 bits per heavy atom. The van der Waals surface area contributed by atoms with Crippen LogP contribution in [0.2, 0.25) is 0 Å². The van der Waals surface area contributed by atoms with Crippen molar-refractivity contribution in [1.29, 1.82) is 0 Å². The number of rotatable bonds is 1. The Bertz CT molecular complexity index is 91.6. The van der Waals surface area contributed by atoms with Crippen LogP contribution < -0.4 is 0 Å². The summed E-state index contributed by atoms with van der Waals surface area (Å²) in [4.78, 5) is 0. The average Bonchev–Trinajstić information content (AvgIpc) is 1.64. The molecule has 0 heterocycles. The highest BCUT2D eigenvalue weighted by atomic mass is 32.3. The molecule has 0 saturated heterocycles. The van der Waals surface area contributed by atoms with Crippen LogP contribution in [0.5, 0.6) is 0 Å². The van der Waals surface area contributed by atoms with Crippen LogP contribution in [0, 0.1) is 0 Å². The predicted octanol–water partition coefficient (Wildman–Crippen LogP) is 2.71. The molecule has 1 nitrogen and oxygen atoms in total. The molecular weight excluding hydrogens is 132 g/mol. The molecule has 0 rings (SSSR count). The van der Waals surface area contributed by atoms with Crippen LogP contribution in [0.15, 0.2) is 0 Å². The van der Waals surface area contributed by atoms with Crippen LogP contribution >= 0.6 is 10.3 Å². The first-order chi connectivity index (χ1) is 3.81. The zero-order valence-electron chi connectivity index (χ0n) is 7.06. The van der Waals surface area contributed by atoms with Gasteiger partial charge in [-0.3, -0.25) is 0 Å². The van der Waals surface area contributed by atoms with Gasteiger partial charge in [0.2, 0.25) is 0 Å². The van der Waals surface area contributed by atoms with Gasteiger partial charge in [-0.1, -0.05) is 27.7 Å². The molecule has 0 amide bonds. The summed E-state index contributed by atoms with van der Waals surface area (Å²) >= 11 is 0. The van der Waals surface area contributed by atoms with Crippen LogP contribution in [-0.4, -0.2) is 21.3 Å². The molecule has 1 atom stereocenters. The summed E-state index contributed by atoms with van der Waals surface area (Å²) in [5, 5.41) is 0. The molecule has 0 bridgehead atoms. The average molecular weight is 150 g/mol. The maximum Gasteiger partial charge on any atom is 0.0127 e. The van der Waals surface area contributed by atoms with Gasteiger partial charge in [-0.2, -0.15) is 0 Å². The lowest BCUT2D eigenvalue weighted by Crippen LogP contribution is -2.24. The molecule has 0 aromatic rings. The van der Waals surface area contributed by atoms with Gasteiger partial charge in [0, 0.05) is 4.75 Å². The van der Waals surface area contributed by atoms with Crippen LogP contribution in [0.25, 0.3) is 0 Å². The highest BCUT2D eigenvalue weighted by molar-refractivity contribution is 8.29. The second kappa shape index (κ2) is 2.51. The standard InChI is InChI=1S/C7H18OS/c1-6-9(5,8)7(2,3)4/h8H,6H2,1-5H3. The lowest BCUT2D eigenvalue weighted by atomic mass is 10.3. The molecule has 0 aliphatic rings. The first-order valence-electron chi connectivity index (χ1n) is 3.29. The van der Waals surface area contributed by atoms with E-state index in [1.165, 1.54) is 0 Å². The van der Waals surface area contributed by atoms with Crippen molar-refractivity contribution in [2.75, 3.05) is 12.0 Å². The van der Waals surface area contributed by atoms with E-state index >= 15 is 0 Å². The molecule has 0 aromatic heterocycles. The van der Waals surface area contributed by atoms with Gasteiger partial charge in [0.15, 0.2) is 0 Å². The molecule has 0 aliphatic carbocycles. The van der Waals surface area contributed by atoms with Gasteiger partial charge in [0.05, 0.1) is 0 Å². The van der Waals surface area contributed by atoms with Crippen molar-refractivity contribution >= 4 is 10.3 Å². The van der Waals surface area contributed by atoms with Gasteiger partial charge < -0.3 is 4.55 Å². The van der Waals surface area contributed by atoms with Crippen LogP contribution in [0.3, 0.4) is 0 Å². The van der Waals surface area contributed by atoms with E-state index in [0.29, 0.717) is 0 Å². The van der Waals surface area contributed by atoms with Gasteiger partial charge in [0.25, 0.3) is 0 Å². The van der Waals surface area contributed by atoms with Crippen molar-refractivity contribution in [3.63, 3.8) is 0 Å². The Balaban J connectivity index is 4.14. The molecule has 9 heavy (non-hydrogen) atoms. The van der Waals surface area contributed by atoms with Gasteiger partial charge >= 0.3 is 0 Å². The fourth-order valence-electron chi connectivity index (χ4n) is 0.433. The third-order valence-electron chi connectivity index (χ3n) is 1.88. The summed E-state index contributed by atoms with van der Waals surface area (Å²) in [6, 6.07) is 0. The maximum atomic E-state index is 9.74. The molecule has 0 fully saturated rings. The molecule has 2 heteroatoms. The molecule has 0 radical (unpaired) electrons. The summed E-state index contributed by atoms with van der Waals surface area (Å²) in [5.41, 5.74) is 0. The minimum atomic E-state index is -1.34. The highest BCUT2D eigenvalue weighted by Crippen LogP contribution is 2.51. The van der Waals surface area contributed by atoms with Gasteiger partial charge in [0.1, 0.15) is 0 Å². The summed E-state index contributed by atoms with van der Waals surface area (Å²) in [5.74, 6) is 0.899. The lowest BCUT2D eigenvalue weighted by Gasteiger charge is -2.41. The third kappa shape index (κ3) is 2.18. The number of hydrogen-bond acceptors (Lipinski definition) is 1. The molecule has 0 spiro atoms. The summed E-state index contributed by atoms with van der Waals surface area (Å²) < 4.78 is 9.83. The first kappa shape index (κ1) is 9.31. The second-order valence-electron chi connectivity index (χ2n) is 3.44. The SMILES string of the molecule is CCS(C)(O)C(C)(C)C. The summed E-state index contributed by atoms with van der Waals surface area (Å²) in [6.45, 7) is 8.31. The quantitative estimate of drug-likeness (QED) is 0.609.